The lowest BCUT2D eigenvalue weighted by molar-refractivity contribution is 0.112. The maximum Gasteiger partial charge on any atom is 0.157 e. The lowest BCUT2D eigenvalue weighted by atomic mass is 10.1. The summed E-state index contributed by atoms with van der Waals surface area (Å²) in [7, 11) is 0. The standard InChI is InChI=1S/C9H17N3O/c13-11-9-7-10-5-6-12(9)8-3-1-2-4-8/h8-10H,1-7H2. The number of nitrogens with one attached hydrogen (secondary N) is 1. The van der Waals surface area contributed by atoms with E-state index in [1.165, 1.54) is 25.7 Å². The number of nitroso groups, excluding NO2 is 1. The minimum absolute atomic E-state index is 0.114. The van der Waals surface area contributed by atoms with Crippen LogP contribution in [0.15, 0.2) is 5.18 Å². The van der Waals surface area contributed by atoms with E-state index in [9.17, 15) is 4.91 Å². The zero-order chi connectivity index (χ0) is 9.10. The molecular weight excluding hydrogens is 166 g/mol. The molecule has 1 heterocycles. The third-order valence-corrected chi connectivity index (χ3v) is 3.17. The second kappa shape index (κ2) is 4.15. The molecule has 4 heteroatoms. The van der Waals surface area contributed by atoms with Crippen molar-refractivity contribution in [3.8, 4) is 0 Å². The first kappa shape index (κ1) is 9.09. The van der Waals surface area contributed by atoms with Gasteiger partial charge in [0, 0.05) is 25.7 Å². The van der Waals surface area contributed by atoms with E-state index in [-0.39, 0.29) is 6.17 Å². The van der Waals surface area contributed by atoms with Crippen LogP contribution in [-0.2, 0) is 0 Å². The zero-order valence-electron chi connectivity index (χ0n) is 7.91. The number of rotatable bonds is 2. The topological polar surface area (TPSA) is 44.7 Å². The lowest BCUT2D eigenvalue weighted by Crippen LogP contribution is -2.53. The number of piperazine rings is 1. The van der Waals surface area contributed by atoms with Gasteiger partial charge in [0.2, 0.25) is 0 Å². The van der Waals surface area contributed by atoms with Gasteiger partial charge >= 0.3 is 0 Å². The highest BCUT2D eigenvalue weighted by Crippen LogP contribution is 2.25. The Balaban J connectivity index is 1.96. The average molecular weight is 183 g/mol. The molecule has 0 bridgehead atoms. The molecule has 0 radical (unpaired) electrons. The Labute approximate surface area is 78.7 Å². The summed E-state index contributed by atoms with van der Waals surface area (Å²) < 4.78 is 0. The largest absolute Gasteiger partial charge is 0.312 e. The van der Waals surface area contributed by atoms with Crippen LogP contribution in [0, 0.1) is 4.91 Å². The van der Waals surface area contributed by atoms with Gasteiger partial charge in [0.05, 0.1) is 0 Å². The summed E-state index contributed by atoms with van der Waals surface area (Å²) in [5, 5.41) is 6.39. The SMILES string of the molecule is O=NC1CNCCN1C1CCCC1. The molecular formula is C9H17N3O. The van der Waals surface area contributed by atoms with Crippen LogP contribution >= 0.6 is 0 Å². The Kier molecular flexibility index (Phi) is 2.90. The number of nitrogens with zero attached hydrogens (tertiary/aromatic N) is 2. The van der Waals surface area contributed by atoms with E-state index >= 15 is 0 Å². The highest BCUT2D eigenvalue weighted by Gasteiger charge is 2.30. The quantitative estimate of drug-likeness (QED) is 0.648. The molecule has 1 atom stereocenters. The van der Waals surface area contributed by atoms with Crippen molar-refractivity contribution < 1.29 is 0 Å². The van der Waals surface area contributed by atoms with Crippen molar-refractivity contribution in [1.29, 1.82) is 0 Å². The van der Waals surface area contributed by atoms with E-state index in [1.54, 1.807) is 0 Å². The van der Waals surface area contributed by atoms with E-state index in [0.29, 0.717) is 6.04 Å². The molecule has 2 fully saturated rings. The fourth-order valence-corrected chi connectivity index (χ4v) is 2.47. The monoisotopic (exact) mass is 183 g/mol. The molecule has 0 amide bonds. The van der Waals surface area contributed by atoms with E-state index in [0.717, 1.165) is 19.6 Å². The average Bonchev–Trinajstić information content (AvgIpc) is 2.70. The van der Waals surface area contributed by atoms with Crippen LogP contribution in [0.25, 0.3) is 0 Å². The van der Waals surface area contributed by atoms with Crippen molar-refractivity contribution in [3.05, 3.63) is 4.91 Å². The van der Waals surface area contributed by atoms with E-state index in [4.69, 9.17) is 0 Å². The molecule has 0 spiro atoms. The first-order chi connectivity index (χ1) is 6.42. The van der Waals surface area contributed by atoms with Gasteiger partial charge < -0.3 is 5.32 Å². The summed E-state index contributed by atoms with van der Waals surface area (Å²) in [5.74, 6) is 0. The Hall–Kier alpha value is -0.480. The molecule has 2 aliphatic rings. The summed E-state index contributed by atoms with van der Waals surface area (Å²) >= 11 is 0. The van der Waals surface area contributed by atoms with Gasteiger partial charge in [0.25, 0.3) is 0 Å². The minimum Gasteiger partial charge on any atom is -0.312 e. The van der Waals surface area contributed by atoms with E-state index in [2.05, 4.69) is 15.4 Å². The zero-order valence-corrected chi connectivity index (χ0v) is 7.91. The fraction of sp³-hybridized carbons (Fsp3) is 1.00. The third-order valence-electron chi connectivity index (χ3n) is 3.17. The van der Waals surface area contributed by atoms with Crippen LogP contribution in [0.2, 0.25) is 0 Å². The second-order valence-electron chi connectivity index (χ2n) is 3.97. The first-order valence-electron chi connectivity index (χ1n) is 5.21. The third kappa shape index (κ3) is 1.89. The Morgan fingerprint density at radius 3 is 2.77 bits per heavy atom. The van der Waals surface area contributed by atoms with Gasteiger partial charge in [0.15, 0.2) is 6.17 Å². The normalized spacial score (nSPS) is 32.2. The van der Waals surface area contributed by atoms with Gasteiger partial charge in [-0.05, 0) is 18.0 Å². The summed E-state index contributed by atoms with van der Waals surface area (Å²) in [6, 6.07) is 0.629. The second-order valence-corrected chi connectivity index (χ2v) is 3.97. The smallest absolute Gasteiger partial charge is 0.157 e. The summed E-state index contributed by atoms with van der Waals surface area (Å²) in [5.41, 5.74) is 0. The van der Waals surface area contributed by atoms with Gasteiger partial charge in [-0.2, -0.15) is 0 Å². The fourth-order valence-electron chi connectivity index (χ4n) is 2.47. The summed E-state index contributed by atoms with van der Waals surface area (Å²) in [6.45, 7) is 2.73. The van der Waals surface area contributed by atoms with Crippen molar-refractivity contribution in [2.75, 3.05) is 19.6 Å². The minimum atomic E-state index is -0.114. The van der Waals surface area contributed by atoms with Crippen molar-refractivity contribution in [2.45, 2.75) is 37.9 Å². The number of hydrogen-bond acceptors (Lipinski definition) is 4. The molecule has 1 N–H and O–H groups in total. The molecule has 0 aromatic heterocycles. The molecule has 1 aliphatic heterocycles. The molecule has 4 nitrogen and oxygen atoms in total. The molecule has 2 rings (SSSR count). The van der Waals surface area contributed by atoms with Gasteiger partial charge in [-0.3, -0.25) is 4.90 Å². The van der Waals surface area contributed by atoms with Crippen LogP contribution in [0.4, 0.5) is 0 Å². The van der Waals surface area contributed by atoms with Gasteiger partial charge in [-0.25, -0.2) is 0 Å². The molecule has 13 heavy (non-hydrogen) atoms. The summed E-state index contributed by atoms with van der Waals surface area (Å²) in [6.07, 6.45) is 5.04. The van der Waals surface area contributed by atoms with Gasteiger partial charge in [-0.15, -0.1) is 4.91 Å². The van der Waals surface area contributed by atoms with Crippen LogP contribution in [-0.4, -0.2) is 36.7 Å². The highest BCUT2D eigenvalue weighted by molar-refractivity contribution is 4.85. The Morgan fingerprint density at radius 2 is 2.08 bits per heavy atom. The molecule has 1 unspecified atom stereocenters. The van der Waals surface area contributed by atoms with E-state index in [1.807, 2.05) is 0 Å². The molecule has 0 aromatic rings. The van der Waals surface area contributed by atoms with Crippen LogP contribution in [0.5, 0.6) is 0 Å². The highest BCUT2D eigenvalue weighted by atomic mass is 16.3. The molecule has 1 saturated heterocycles. The van der Waals surface area contributed by atoms with Crippen LogP contribution < -0.4 is 5.32 Å². The molecule has 1 saturated carbocycles. The predicted octanol–water partition coefficient (Wildman–Crippen LogP) is 0.927. The Morgan fingerprint density at radius 1 is 1.31 bits per heavy atom. The summed E-state index contributed by atoms with van der Waals surface area (Å²) in [4.78, 5) is 12.9. The van der Waals surface area contributed by atoms with Crippen LogP contribution in [0.3, 0.4) is 0 Å². The maximum atomic E-state index is 10.6. The lowest BCUT2D eigenvalue weighted by Gasteiger charge is -2.36. The van der Waals surface area contributed by atoms with Crippen LogP contribution in [0.1, 0.15) is 25.7 Å². The molecule has 74 valence electrons. The number of hydrogen-bond donors (Lipinski definition) is 1. The van der Waals surface area contributed by atoms with E-state index < -0.39 is 0 Å². The molecule has 1 aliphatic carbocycles. The van der Waals surface area contributed by atoms with Crippen molar-refractivity contribution >= 4 is 0 Å². The van der Waals surface area contributed by atoms with Gasteiger partial charge in [-0.1, -0.05) is 12.8 Å². The van der Waals surface area contributed by atoms with Crippen molar-refractivity contribution in [1.82, 2.24) is 10.2 Å². The maximum absolute atomic E-state index is 10.6. The first-order valence-corrected chi connectivity index (χ1v) is 5.21. The van der Waals surface area contributed by atoms with Crippen molar-refractivity contribution in [2.24, 2.45) is 5.18 Å². The Bertz CT molecular complexity index is 180. The van der Waals surface area contributed by atoms with Gasteiger partial charge in [0.1, 0.15) is 0 Å². The molecule has 0 aromatic carbocycles. The predicted molar refractivity (Wildman–Crippen MR) is 51.4 cm³/mol. The van der Waals surface area contributed by atoms with Crippen molar-refractivity contribution in [3.63, 3.8) is 0 Å².